The van der Waals surface area contributed by atoms with E-state index < -0.39 is 11.9 Å². The maximum absolute atomic E-state index is 11.5. The standard InChI is InChI=1S/C76H44O8/c77-47-83-63-37-21-55(22-38-63)7-5-51-13-29-59(30-14-51)71-45-69(57-25-9-49(10-26-57)1-3-53-17-33-61(34-18-53)75(79)80)65-41-42-66-70(58-27-11-50(12-28-58)2-4-54-19-35-62(36-20-54)76(81)82)46-72(68-44-43-67(71)73(65)74(66)68)60-31-15-52(16-32-60)6-8-56-23-39-64(40-24-56)84-48-78/h9-48,67,73H,(H,79,80)(H,81,82). The Morgan fingerprint density at radius 2 is 0.726 bits per heavy atom. The summed E-state index contributed by atoms with van der Waals surface area (Å²) in [4.78, 5) is 44.6. The predicted octanol–water partition coefficient (Wildman–Crippen LogP) is 14.4. The Kier molecular flexibility index (Phi) is 14.7. The predicted molar refractivity (Wildman–Crippen MR) is 326 cm³/mol. The largest absolute Gasteiger partial charge is 0.478 e. The third-order valence-electron chi connectivity index (χ3n) is 14.9. The van der Waals surface area contributed by atoms with Gasteiger partial charge in [-0.3, -0.25) is 9.59 Å². The first-order valence-corrected chi connectivity index (χ1v) is 26.7. The lowest BCUT2D eigenvalue weighted by molar-refractivity contribution is -0.121. The number of ether oxygens (including phenoxy) is 2. The van der Waals surface area contributed by atoms with Crippen molar-refractivity contribution in [2.75, 3.05) is 0 Å². The van der Waals surface area contributed by atoms with Crippen molar-refractivity contribution in [3.63, 3.8) is 0 Å². The van der Waals surface area contributed by atoms with E-state index in [1.165, 1.54) is 11.1 Å². The van der Waals surface area contributed by atoms with Gasteiger partial charge in [0.2, 0.25) is 0 Å². The third kappa shape index (κ3) is 11.3. The molecule has 0 bridgehead atoms. The van der Waals surface area contributed by atoms with Crippen molar-refractivity contribution in [3.8, 4) is 81.1 Å². The average Bonchev–Trinajstić information content (AvgIpc) is 1.14. The van der Waals surface area contributed by atoms with Crippen LogP contribution in [0.25, 0.3) is 45.6 Å². The van der Waals surface area contributed by atoms with Gasteiger partial charge >= 0.3 is 11.9 Å². The highest BCUT2D eigenvalue weighted by atomic mass is 16.5. The first kappa shape index (κ1) is 52.7. The van der Waals surface area contributed by atoms with Gasteiger partial charge in [0.05, 0.1) is 11.1 Å². The van der Waals surface area contributed by atoms with Gasteiger partial charge in [-0.1, -0.05) is 120 Å². The molecule has 0 aliphatic heterocycles. The summed E-state index contributed by atoms with van der Waals surface area (Å²) in [5.74, 6) is 24.7. The highest BCUT2D eigenvalue weighted by molar-refractivity contribution is 5.99. The number of carbonyl (C=O) groups excluding carboxylic acids is 2. The van der Waals surface area contributed by atoms with Crippen molar-refractivity contribution in [1.82, 2.24) is 0 Å². The summed E-state index contributed by atoms with van der Waals surface area (Å²) in [6, 6.07) is 62.7. The Bertz CT molecular complexity index is 4510. The van der Waals surface area contributed by atoms with Gasteiger partial charge in [-0.05, 0) is 225 Å². The van der Waals surface area contributed by atoms with Crippen LogP contribution in [0.2, 0.25) is 0 Å². The van der Waals surface area contributed by atoms with Crippen LogP contribution in [-0.4, -0.2) is 35.1 Å². The molecule has 2 unspecified atom stereocenters. The molecule has 0 saturated carbocycles. The number of carboxylic acids is 2. The second-order valence-electron chi connectivity index (χ2n) is 19.9. The van der Waals surface area contributed by atoms with E-state index in [0.29, 0.717) is 35.6 Å². The second kappa shape index (κ2) is 23.4. The first-order valence-electron chi connectivity index (χ1n) is 26.7. The van der Waals surface area contributed by atoms with Gasteiger partial charge in [0.1, 0.15) is 11.5 Å². The number of allylic oxidation sites excluding steroid dienone is 6. The SMILES string of the molecule is O=COc1ccc(C#Cc2ccc(C3=CC(c4ccc(C#Cc5ccc(C(=O)O)cc5)cc4)=C4C=Cc5c(-c6ccc(C#Cc7ccc(C(=O)O)cc7)cc6)cc(-c6ccc(C#Cc7ccc(OC=O)cc7)cc6)c6c5C4C3C=C6)cc2)cc1. The molecule has 9 aromatic rings. The van der Waals surface area contributed by atoms with Gasteiger partial charge in [-0.15, -0.1) is 0 Å². The fraction of sp³-hybridized carbons (Fsp3) is 0.0263. The molecule has 0 heterocycles. The minimum atomic E-state index is -0.987. The van der Waals surface area contributed by atoms with E-state index in [2.05, 4.69) is 144 Å². The summed E-state index contributed by atoms with van der Waals surface area (Å²) in [6.45, 7) is 0.801. The van der Waals surface area contributed by atoms with Crippen LogP contribution in [0.1, 0.15) is 99.0 Å². The van der Waals surface area contributed by atoms with E-state index in [-0.39, 0.29) is 23.0 Å². The van der Waals surface area contributed by atoms with E-state index in [1.54, 1.807) is 72.8 Å². The summed E-state index contributed by atoms with van der Waals surface area (Å²) in [6.07, 6.45) is 11.5. The molecule has 0 amide bonds. The van der Waals surface area contributed by atoms with E-state index in [9.17, 15) is 29.4 Å². The summed E-state index contributed by atoms with van der Waals surface area (Å²) in [5, 5.41) is 18.8. The van der Waals surface area contributed by atoms with Crippen LogP contribution in [0, 0.1) is 53.3 Å². The van der Waals surface area contributed by atoms with Crippen LogP contribution >= 0.6 is 0 Å². The molecule has 0 spiro atoms. The summed E-state index contributed by atoms with van der Waals surface area (Å²) in [5.41, 5.74) is 19.9. The van der Waals surface area contributed by atoms with Gasteiger partial charge in [0, 0.05) is 56.3 Å². The molecule has 0 saturated heterocycles. The van der Waals surface area contributed by atoms with Crippen molar-refractivity contribution in [1.29, 1.82) is 0 Å². The molecule has 396 valence electrons. The van der Waals surface area contributed by atoms with Crippen LogP contribution < -0.4 is 9.47 Å². The number of aromatic carboxylic acids is 2. The Morgan fingerprint density at radius 1 is 0.393 bits per heavy atom. The molecule has 12 rings (SSSR count). The molecular formula is C76H44O8. The van der Waals surface area contributed by atoms with Crippen molar-refractivity contribution in [2.45, 2.75) is 5.92 Å². The molecule has 9 aromatic carbocycles. The number of benzene rings is 9. The maximum Gasteiger partial charge on any atom is 0.335 e. The van der Waals surface area contributed by atoms with Gasteiger partial charge in [-0.25, -0.2) is 9.59 Å². The van der Waals surface area contributed by atoms with Crippen LogP contribution in [0.4, 0.5) is 0 Å². The summed E-state index contributed by atoms with van der Waals surface area (Å²) in [7, 11) is 0. The topological polar surface area (TPSA) is 127 Å². The lowest BCUT2D eigenvalue weighted by Gasteiger charge is -2.41. The number of carbonyl (C=O) groups is 4. The molecule has 0 fully saturated rings. The number of rotatable bonds is 10. The molecule has 84 heavy (non-hydrogen) atoms. The molecule has 8 heteroatoms. The third-order valence-corrected chi connectivity index (χ3v) is 14.9. The molecule has 3 aliphatic rings. The molecule has 3 aliphatic carbocycles. The second-order valence-corrected chi connectivity index (χ2v) is 19.9. The van der Waals surface area contributed by atoms with E-state index in [0.717, 1.165) is 89.0 Å². The lowest BCUT2D eigenvalue weighted by atomic mass is 9.62. The zero-order chi connectivity index (χ0) is 57.5. The van der Waals surface area contributed by atoms with Crippen LogP contribution in [0.15, 0.2) is 224 Å². The highest BCUT2D eigenvalue weighted by Crippen LogP contribution is 2.57. The molecular weight excluding hydrogens is 1040 g/mol. The van der Waals surface area contributed by atoms with Gasteiger partial charge in [0.25, 0.3) is 12.9 Å². The Morgan fingerprint density at radius 3 is 1.10 bits per heavy atom. The molecule has 2 N–H and O–H groups in total. The van der Waals surface area contributed by atoms with Crippen molar-refractivity contribution >= 4 is 48.2 Å². The quantitative estimate of drug-likeness (QED) is 0.102. The minimum absolute atomic E-state index is 0.0522. The smallest absolute Gasteiger partial charge is 0.335 e. The highest BCUT2D eigenvalue weighted by Gasteiger charge is 2.40. The van der Waals surface area contributed by atoms with E-state index >= 15 is 0 Å². The summed E-state index contributed by atoms with van der Waals surface area (Å²) < 4.78 is 9.92. The van der Waals surface area contributed by atoms with Crippen molar-refractivity contribution in [3.05, 3.63) is 307 Å². The number of hydrogen-bond acceptors (Lipinski definition) is 6. The van der Waals surface area contributed by atoms with Gasteiger partial charge in [0.15, 0.2) is 0 Å². The zero-order valence-electron chi connectivity index (χ0n) is 44.6. The average molecular weight is 1090 g/mol. The van der Waals surface area contributed by atoms with E-state index in [4.69, 9.17) is 9.47 Å². The molecule has 8 nitrogen and oxygen atoms in total. The Balaban J connectivity index is 0.965. The maximum atomic E-state index is 11.5. The van der Waals surface area contributed by atoms with Crippen LogP contribution in [0.5, 0.6) is 11.5 Å². The zero-order valence-corrected chi connectivity index (χ0v) is 44.6. The van der Waals surface area contributed by atoms with Crippen molar-refractivity contribution < 1.29 is 38.9 Å². The summed E-state index contributed by atoms with van der Waals surface area (Å²) >= 11 is 0. The van der Waals surface area contributed by atoms with Gasteiger partial charge < -0.3 is 19.7 Å². The Labute approximate surface area is 485 Å². The van der Waals surface area contributed by atoms with Crippen LogP contribution in [-0.2, 0) is 9.59 Å². The van der Waals surface area contributed by atoms with Crippen molar-refractivity contribution in [2.24, 2.45) is 5.92 Å². The fourth-order valence-electron chi connectivity index (χ4n) is 10.7. The Hall–Kier alpha value is -11.9. The minimum Gasteiger partial charge on any atom is -0.478 e. The first-order chi connectivity index (χ1) is 41.1. The molecule has 0 aromatic heterocycles. The van der Waals surface area contributed by atoms with E-state index in [1.807, 2.05) is 60.7 Å². The number of carboxylic acid groups (broad SMARTS) is 2. The van der Waals surface area contributed by atoms with Gasteiger partial charge in [-0.2, -0.15) is 0 Å². The monoisotopic (exact) mass is 1080 g/mol. The van der Waals surface area contributed by atoms with Crippen LogP contribution in [0.3, 0.4) is 0 Å². The normalized spacial score (nSPS) is 13.8. The number of hydrogen-bond donors (Lipinski definition) is 2. The molecule has 0 radical (unpaired) electrons. The lowest BCUT2D eigenvalue weighted by Crippen LogP contribution is -2.25. The fourth-order valence-corrected chi connectivity index (χ4v) is 10.7. The molecule has 2 atom stereocenters.